The average Bonchev–Trinajstić information content (AvgIpc) is 2.63. The molecule has 0 amide bonds. The molecular weight excluding hydrogens is 214 g/mol. The van der Waals surface area contributed by atoms with E-state index in [2.05, 4.69) is 15.0 Å². The first-order chi connectivity index (χ1) is 7.27. The molecular formula is C8H5N5OS. The van der Waals surface area contributed by atoms with Gasteiger partial charge in [0.05, 0.1) is 10.9 Å². The summed E-state index contributed by atoms with van der Waals surface area (Å²) in [5, 5.41) is 0.787. The van der Waals surface area contributed by atoms with Crippen molar-refractivity contribution in [3.8, 4) is 0 Å². The maximum atomic E-state index is 11.7. The van der Waals surface area contributed by atoms with Crippen molar-refractivity contribution in [2.45, 2.75) is 0 Å². The highest BCUT2D eigenvalue weighted by atomic mass is 32.1. The Morgan fingerprint density at radius 1 is 1.40 bits per heavy atom. The average molecular weight is 219 g/mol. The van der Waals surface area contributed by atoms with Gasteiger partial charge >= 0.3 is 0 Å². The van der Waals surface area contributed by atoms with Crippen molar-refractivity contribution < 1.29 is 0 Å². The third kappa shape index (κ3) is 1.03. The molecule has 0 saturated heterocycles. The second-order valence-corrected chi connectivity index (χ2v) is 3.98. The van der Waals surface area contributed by atoms with Crippen molar-refractivity contribution in [2.24, 2.45) is 0 Å². The Balaban J connectivity index is 2.66. The lowest BCUT2D eigenvalue weighted by Gasteiger charge is -1.94. The second kappa shape index (κ2) is 2.74. The Morgan fingerprint density at radius 2 is 2.27 bits per heavy atom. The van der Waals surface area contributed by atoms with Crippen LogP contribution in [0.5, 0.6) is 0 Å². The standard InChI is InChI=1S/C8H5N5OS/c9-13-3-12-5-4-1-10-2-11-7(4)15-6(5)8(13)14/h1-3H,9H2. The van der Waals surface area contributed by atoms with Crippen molar-refractivity contribution in [3.05, 3.63) is 29.2 Å². The number of rotatable bonds is 0. The lowest BCUT2D eigenvalue weighted by atomic mass is 10.3. The third-order valence-electron chi connectivity index (χ3n) is 2.08. The highest BCUT2D eigenvalue weighted by Crippen LogP contribution is 2.26. The zero-order valence-electron chi connectivity index (χ0n) is 7.41. The maximum absolute atomic E-state index is 11.7. The zero-order valence-corrected chi connectivity index (χ0v) is 8.23. The molecule has 0 fully saturated rings. The maximum Gasteiger partial charge on any atom is 0.289 e. The number of hydrogen-bond acceptors (Lipinski definition) is 6. The molecule has 3 aromatic heterocycles. The van der Waals surface area contributed by atoms with E-state index in [9.17, 15) is 4.79 Å². The van der Waals surface area contributed by atoms with E-state index in [4.69, 9.17) is 5.84 Å². The molecule has 74 valence electrons. The summed E-state index contributed by atoms with van der Waals surface area (Å²) in [6.07, 6.45) is 4.39. The highest BCUT2D eigenvalue weighted by molar-refractivity contribution is 7.25. The molecule has 0 atom stereocenters. The van der Waals surface area contributed by atoms with Crippen LogP contribution in [0.1, 0.15) is 0 Å². The van der Waals surface area contributed by atoms with Gasteiger partial charge in [-0.3, -0.25) is 4.79 Å². The largest absolute Gasteiger partial charge is 0.335 e. The summed E-state index contributed by atoms with van der Waals surface area (Å²) >= 11 is 1.28. The molecule has 3 aromatic rings. The fraction of sp³-hybridized carbons (Fsp3) is 0. The molecule has 3 rings (SSSR count). The minimum absolute atomic E-state index is 0.261. The van der Waals surface area contributed by atoms with Crippen LogP contribution in [0.4, 0.5) is 0 Å². The first-order valence-electron chi connectivity index (χ1n) is 4.12. The third-order valence-corrected chi connectivity index (χ3v) is 3.18. The quantitative estimate of drug-likeness (QED) is 0.542. The van der Waals surface area contributed by atoms with E-state index < -0.39 is 0 Å². The molecule has 7 heteroatoms. The van der Waals surface area contributed by atoms with E-state index in [1.54, 1.807) is 6.20 Å². The topological polar surface area (TPSA) is 86.7 Å². The van der Waals surface area contributed by atoms with E-state index in [0.29, 0.717) is 10.2 Å². The van der Waals surface area contributed by atoms with Gasteiger partial charge in [0.1, 0.15) is 22.2 Å². The predicted molar refractivity (Wildman–Crippen MR) is 57.1 cm³/mol. The summed E-state index contributed by atoms with van der Waals surface area (Å²) in [6.45, 7) is 0. The van der Waals surface area contributed by atoms with Gasteiger partial charge in [-0.1, -0.05) is 0 Å². The van der Waals surface area contributed by atoms with Crippen LogP contribution in [0, 0.1) is 0 Å². The van der Waals surface area contributed by atoms with Gasteiger partial charge in [0.15, 0.2) is 0 Å². The Hall–Kier alpha value is -2.02. The fourth-order valence-electron chi connectivity index (χ4n) is 1.39. The van der Waals surface area contributed by atoms with Crippen molar-refractivity contribution >= 4 is 31.8 Å². The minimum Gasteiger partial charge on any atom is -0.335 e. The summed E-state index contributed by atoms with van der Waals surface area (Å²) in [5.74, 6) is 5.42. The van der Waals surface area contributed by atoms with Crippen LogP contribution in [0.15, 0.2) is 23.6 Å². The molecule has 0 aliphatic carbocycles. The van der Waals surface area contributed by atoms with Crippen molar-refractivity contribution in [1.29, 1.82) is 0 Å². The van der Waals surface area contributed by atoms with Crippen molar-refractivity contribution in [1.82, 2.24) is 19.6 Å². The number of nitrogens with zero attached hydrogens (tertiary/aromatic N) is 4. The summed E-state index contributed by atoms with van der Waals surface area (Å²) in [4.78, 5) is 24.5. The number of aromatic nitrogens is 4. The van der Waals surface area contributed by atoms with Crippen LogP contribution in [0.25, 0.3) is 20.4 Å². The summed E-state index contributed by atoms with van der Waals surface area (Å²) < 4.78 is 1.47. The molecule has 2 N–H and O–H groups in total. The first kappa shape index (κ1) is 8.30. The van der Waals surface area contributed by atoms with Gasteiger partial charge in [0.2, 0.25) is 0 Å². The van der Waals surface area contributed by atoms with Crippen LogP contribution >= 0.6 is 11.3 Å². The lowest BCUT2D eigenvalue weighted by Crippen LogP contribution is -2.26. The normalized spacial score (nSPS) is 11.2. The van der Waals surface area contributed by atoms with Gasteiger partial charge in [0, 0.05) is 6.20 Å². The monoisotopic (exact) mass is 219 g/mol. The van der Waals surface area contributed by atoms with Crippen LogP contribution < -0.4 is 11.4 Å². The Morgan fingerprint density at radius 3 is 3.13 bits per heavy atom. The lowest BCUT2D eigenvalue weighted by molar-refractivity contribution is 0.917. The molecule has 0 aliphatic heterocycles. The van der Waals surface area contributed by atoms with Crippen molar-refractivity contribution in [3.63, 3.8) is 0 Å². The Labute approximate surface area is 87.0 Å². The summed E-state index contributed by atoms with van der Waals surface area (Å²) in [5.41, 5.74) is 0.352. The molecule has 0 bridgehead atoms. The zero-order chi connectivity index (χ0) is 10.4. The SMILES string of the molecule is Nn1cnc2c(sc3ncncc32)c1=O. The van der Waals surface area contributed by atoms with E-state index >= 15 is 0 Å². The molecule has 15 heavy (non-hydrogen) atoms. The number of nitrogen functional groups attached to an aromatic ring is 1. The Bertz CT molecular complexity index is 716. The first-order valence-corrected chi connectivity index (χ1v) is 4.94. The van der Waals surface area contributed by atoms with Gasteiger partial charge in [-0.15, -0.1) is 11.3 Å². The number of hydrogen-bond donors (Lipinski definition) is 1. The van der Waals surface area contributed by atoms with E-state index in [1.807, 2.05) is 0 Å². The minimum atomic E-state index is -0.261. The fourth-order valence-corrected chi connectivity index (χ4v) is 2.40. The smallest absolute Gasteiger partial charge is 0.289 e. The predicted octanol–water partition coefficient (Wildman–Crippen LogP) is 0.115. The molecule has 0 aliphatic rings. The van der Waals surface area contributed by atoms with E-state index in [-0.39, 0.29) is 5.56 Å². The van der Waals surface area contributed by atoms with Gasteiger partial charge < -0.3 is 5.84 Å². The van der Waals surface area contributed by atoms with Crippen LogP contribution in [-0.2, 0) is 0 Å². The van der Waals surface area contributed by atoms with Crippen molar-refractivity contribution in [2.75, 3.05) is 5.84 Å². The number of fused-ring (bicyclic) bond motifs is 3. The van der Waals surface area contributed by atoms with Crippen LogP contribution in [0.3, 0.4) is 0 Å². The van der Waals surface area contributed by atoms with Gasteiger partial charge in [0.25, 0.3) is 5.56 Å². The molecule has 0 saturated carbocycles. The van der Waals surface area contributed by atoms with E-state index in [0.717, 1.165) is 14.9 Å². The second-order valence-electron chi connectivity index (χ2n) is 2.98. The van der Waals surface area contributed by atoms with Gasteiger partial charge in [-0.05, 0) is 0 Å². The number of nitrogens with two attached hydrogens (primary N) is 1. The molecule has 0 aromatic carbocycles. The van der Waals surface area contributed by atoms with Crippen LogP contribution in [-0.4, -0.2) is 19.6 Å². The molecule has 0 spiro atoms. The summed E-state index contributed by atoms with van der Waals surface area (Å²) in [6, 6.07) is 0. The van der Waals surface area contributed by atoms with Crippen LogP contribution in [0.2, 0.25) is 0 Å². The molecule has 3 heterocycles. The van der Waals surface area contributed by atoms with Gasteiger partial charge in [-0.25, -0.2) is 19.6 Å². The molecule has 0 unspecified atom stereocenters. The summed E-state index contributed by atoms with van der Waals surface area (Å²) in [7, 11) is 0. The van der Waals surface area contributed by atoms with Gasteiger partial charge in [-0.2, -0.15) is 0 Å². The molecule has 6 nitrogen and oxygen atoms in total. The highest BCUT2D eigenvalue weighted by Gasteiger charge is 2.10. The van der Waals surface area contributed by atoms with E-state index in [1.165, 1.54) is 24.0 Å². The molecule has 0 radical (unpaired) electrons. The number of thiophene rings is 1. The Kier molecular flexibility index (Phi) is 1.51.